The molecule has 7 nitrogen and oxygen atoms in total. The third kappa shape index (κ3) is 7.29. The molecule has 0 bridgehead atoms. The van der Waals surface area contributed by atoms with Crippen molar-refractivity contribution in [3.05, 3.63) is 59.7 Å². The van der Waals surface area contributed by atoms with Crippen molar-refractivity contribution in [1.29, 1.82) is 0 Å². The van der Waals surface area contributed by atoms with Gasteiger partial charge in [-0.1, -0.05) is 13.0 Å². The smallest absolute Gasteiger partial charge is 0.343 e. The summed E-state index contributed by atoms with van der Waals surface area (Å²) in [5, 5.41) is 8.25. The summed E-state index contributed by atoms with van der Waals surface area (Å²) in [6.07, 6.45) is 0.835. The first kappa shape index (κ1) is 21.9. The fraction of sp³-hybridized carbons (Fsp3) is 0.318. The zero-order chi connectivity index (χ0) is 21.4. The van der Waals surface area contributed by atoms with Gasteiger partial charge in [0.25, 0.3) is 5.91 Å². The molecule has 3 amide bonds. The quantitative estimate of drug-likeness (QED) is 0.508. The van der Waals surface area contributed by atoms with E-state index in [-0.39, 0.29) is 17.5 Å². The van der Waals surface area contributed by atoms with Crippen molar-refractivity contribution in [3.63, 3.8) is 0 Å². The lowest BCUT2D eigenvalue weighted by atomic mass is 10.1. The molecule has 154 valence electrons. The molecule has 2 aromatic rings. The van der Waals surface area contributed by atoms with Crippen LogP contribution in [0.25, 0.3) is 0 Å². The van der Waals surface area contributed by atoms with Crippen LogP contribution in [0, 0.1) is 0 Å². The van der Waals surface area contributed by atoms with Crippen molar-refractivity contribution in [3.8, 4) is 5.75 Å². The largest absolute Gasteiger partial charge is 0.423 e. The maximum Gasteiger partial charge on any atom is 0.343 e. The Morgan fingerprint density at radius 1 is 0.966 bits per heavy atom. The summed E-state index contributed by atoms with van der Waals surface area (Å²) in [4.78, 5) is 36.3. The van der Waals surface area contributed by atoms with E-state index in [0.29, 0.717) is 29.1 Å². The van der Waals surface area contributed by atoms with Crippen molar-refractivity contribution >= 4 is 23.6 Å². The first-order valence-electron chi connectivity index (χ1n) is 9.47. The number of esters is 1. The van der Waals surface area contributed by atoms with Crippen LogP contribution in [-0.4, -0.2) is 30.0 Å². The van der Waals surface area contributed by atoms with Crippen LogP contribution in [0.3, 0.4) is 0 Å². The van der Waals surface area contributed by atoms with Crippen LogP contribution in [0.4, 0.5) is 10.5 Å². The first-order chi connectivity index (χ1) is 13.7. The number of anilines is 1. The maximum atomic E-state index is 12.4. The van der Waals surface area contributed by atoms with E-state index in [9.17, 15) is 14.4 Å². The Kier molecular flexibility index (Phi) is 7.36. The van der Waals surface area contributed by atoms with Gasteiger partial charge < -0.3 is 20.7 Å². The third-order valence-electron chi connectivity index (χ3n) is 3.71. The Morgan fingerprint density at radius 2 is 1.62 bits per heavy atom. The minimum Gasteiger partial charge on any atom is -0.423 e. The van der Waals surface area contributed by atoms with E-state index in [1.165, 1.54) is 0 Å². The lowest BCUT2D eigenvalue weighted by Gasteiger charge is -2.20. The molecule has 0 aliphatic heterocycles. The zero-order valence-electron chi connectivity index (χ0n) is 17.2. The predicted molar refractivity (Wildman–Crippen MR) is 112 cm³/mol. The van der Waals surface area contributed by atoms with Gasteiger partial charge in [0.1, 0.15) is 5.75 Å². The fourth-order valence-electron chi connectivity index (χ4n) is 2.39. The average molecular weight is 397 g/mol. The fourth-order valence-corrected chi connectivity index (χ4v) is 2.39. The standard InChI is InChI=1S/C22H27N3O4/c1-5-13-23-21(28)24-17-7-6-8-18(14-17)29-20(27)16-11-9-15(10-12-16)19(26)25-22(2,3)4/h6-12,14H,5,13H2,1-4H3,(H,25,26)(H2,23,24,28). The van der Waals surface area contributed by atoms with E-state index >= 15 is 0 Å². The molecule has 0 saturated heterocycles. The molecule has 0 spiro atoms. The highest BCUT2D eigenvalue weighted by Gasteiger charge is 2.16. The Balaban J connectivity index is 2.00. The summed E-state index contributed by atoms with van der Waals surface area (Å²) in [7, 11) is 0. The van der Waals surface area contributed by atoms with Crippen molar-refractivity contribution < 1.29 is 19.1 Å². The lowest BCUT2D eigenvalue weighted by molar-refractivity contribution is 0.0734. The van der Waals surface area contributed by atoms with Crippen LogP contribution in [0.5, 0.6) is 5.75 Å². The summed E-state index contributed by atoms with van der Waals surface area (Å²) in [6.45, 7) is 8.22. The van der Waals surface area contributed by atoms with E-state index < -0.39 is 5.97 Å². The number of carbonyl (C=O) groups is 3. The van der Waals surface area contributed by atoms with Gasteiger partial charge in [-0.3, -0.25) is 4.79 Å². The highest BCUT2D eigenvalue weighted by Crippen LogP contribution is 2.19. The van der Waals surface area contributed by atoms with Crippen LogP contribution in [0.15, 0.2) is 48.5 Å². The summed E-state index contributed by atoms with van der Waals surface area (Å²) in [5.74, 6) is -0.462. The molecule has 2 rings (SSSR count). The van der Waals surface area contributed by atoms with Gasteiger partial charge in [0.2, 0.25) is 0 Å². The second-order valence-electron chi connectivity index (χ2n) is 7.58. The Bertz CT molecular complexity index is 870. The molecular formula is C22H27N3O4. The van der Waals surface area contributed by atoms with Gasteiger partial charge in [-0.25, -0.2) is 9.59 Å². The number of hydrogen-bond donors (Lipinski definition) is 3. The molecule has 0 fully saturated rings. The molecule has 0 atom stereocenters. The minimum absolute atomic E-state index is 0.211. The van der Waals surface area contributed by atoms with Gasteiger partial charge in [0, 0.05) is 29.4 Å². The van der Waals surface area contributed by atoms with Crippen molar-refractivity contribution in [2.75, 3.05) is 11.9 Å². The molecule has 0 saturated carbocycles. The molecule has 0 aliphatic rings. The van der Waals surface area contributed by atoms with Crippen molar-refractivity contribution in [1.82, 2.24) is 10.6 Å². The van der Waals surface area contributed by atoms with Gasteiger partial charge in [-0.2, -0.15) is 0 Å². The number of benzene rings is 2. The third-order valence-corrected chi connectivity index (χ3v) is 3.71. The van der Waals surface area contributed by atoms with Crippen LogP contribution in [0.2, 0.25) is 0 Å². The van der Waals surface area contributed by atoms with Crippen LogP contribution < -0.4 is 20.7 Å². The SMILES string of the molecule is CCCNC(=O)Nc1cccc(OC(=O)c2ccc(C(=O)NC(C)(C)C)cc2)c1. The van der Waals surface area contributed by atoms with Gasteiger partial charge in [-0.05, 0) is 63.6 Å². The van der Waals surface area contributed by atoms with Crippen molar-refractivity contribution in [2.24, 2.45) is 0 Å². The summed E-state index contributed by atoms with van der Waals surface area (Å²) in [6, 6.07) is 12.5. The monoisotopic (exact) mass is 397 g/mol. The van der Waals surface area contributed by atoms with Crippen LogP contribution in [0.1, 0.15) is 54.8 Å². The number of urea groups is 1. The summed E-state index contributed by atoms with van der Waals surface area (Å²) in [5.41, 5.74) is 0.941. The number of hydrogen-bond acceptors (Lipinski definition) is 4. The first-order valence-corrected chi connectivity index (χ1v) is 9.47. The van der Waals surface area contributed by atoms with E-state index in [1.807, 2.05) is 27.7 Å². The normalized spacial score (nSPS) is 10.8. The highest BCUT2D eigenvalue weighted by molar-refractivity contribution is 5.97. The van der Waals surface area contributed by atoms with Gasteiger partial charge in [0.15, 0.2) is 0 Å². The Morgan fingerprint density at radius 3 is 2.24 bits per heavy atom. The van der Waals surface area contributed by atoms with Crippen LogP contribution >= 0.6 is 0 Å². The second kappa shape index (κ2) is 9.73. The molecule has 0 heterocycles. The number of carbonyl (C=O) groups excluding carboxylic acids is 3. The number of nitrogens with one attached hydrogen (secondary N) is 3. The number of rotatable bonds is 6. The molecule has 0 aromatic heterocycles. The van der Waals surface area contributed by atoms with E-state index in [1.54, 1.807) is 48.5 Å². The van der Waals surface area contributed by atoms with Gasteiger partial charge in [0.05, 0.1) is 5.56 Å². The molecule has 7 heteroatoms. The average Bonchev–Trinajstić information content (AvgIpc) is 2.65. The maximum absolute atomic E-state index is 12.4. The van der Waals surface area contributed by atoms with Gasteiger partial charge in [-0.15, -0.1) is 0 Å². The Hall–Kier alpha value is -3.35. The number of ether oxygens (including phenoxy) is 1. The molecule has 0 aliphatic carbocycles. The van der Waals surface area contributed by atoms with Gasteiger partial charge >= 0.3 is 12.0 Å². The highest BCUT2D eigenvalue weighted by atomic mass is 16.5. The summed E-state index contributed by atoms with van der Waals surface area (Å²) < 4.78 is 5.37. The number of amides is 3. The molecule has 2 aromatic carbocycles. The molecule has 0 unspecified atom stereocenters. The second-order valence-corrected chi connectivity index (χ2v) is 7.58. The predicted octanol–water partition coefficient (Wildman–Crippen LogP) is 3.97. The Labute approximate surface area is 170 Å². The molecular weight excluding hydrogens is 370 g/mol. The minimum atomic E-state index is -0.555. The topological polar surface area (TPSA) is 96.5 Å². The molecule has 0 radical (unpaired) electrons. The molecule has 3 N–H and O–H groups in total. The molecule has 29 heavy (non-hydrogen) atoms. The van der Waals surface area contributed by atoms with Crippen molar-refractivity contribution in [2.45, 2.75) is 39.7 Å². The van der Waals surface area contributed by atoms with E-state index in [4.69, 9.17) is 4.74 Å². The summed E-state index contributed by atoms with van der Waals surface area (Å²) >= 11 is 0. The lowest BCUT2D eigenvalue weighted by Crippen LogP contribution is -2.40. The zero-order valence-corrected chi connectivity index (χ0v) is 17.2. The van der Waals surface area contributed by atoms with Crippen LogP contribution in [-0.2, 0) is 0 Å². The van der Waals surface area contributed by atoms with E-state index in [2.05, 4.69) is 16.0 Å². The van der Waals surface area contributed by atoms with E-state index in [0.717, 1.165) is 6.42 Å².